The van der Waals surface area contributed by atoms with Gasteiger partial charge in [0.25, 0.3) is 0 Å². The predicted octanol–water partition coefficient (Wildman–Crippen LogP) is 0.129. The quantitative estimate of drug-likeness (QED) is 0.420. The van der Waals surface area contributed by atoms with Crippen LogP contribution in [0.15, 0.2) is 0 Å². The van der Waals surface area contributed by atoms with E-state index in [1.165, 1.54) is 19.2 Å². The smallest absolute Gasteiger partial charge is 0.142 e. The van der Waals surface area contributed by atoms with Crippen LogP contribution in [-0.2, 0) is 9.19 Å². The van der Waals surface area contributed by atoms with Gasteiger partial charge in [-0.25, -0.2) is 0 Å². The summed E-state index contributed by atoms with van der Waals surface area (Å²) in [5, 5.41) is 1.17. The molecule has 0 rings (SSSR count). The van der Waals surface area contributed by atoms with Crippen LogP contribution < -0.4 is 0 Å². The molecule has 0 radical (unpaired) electrons. The summed E-state index contributed by atoms with van der Waals surface area (Å²) in [5.74, 6) is 0. The lowest BCUT2D eigenvalue weighted by Gasteiger charge is -1.92. The van der Waals surface area contributed by atoms with Gasteiger partial charge in [-0.3, -0.25) is 0 Å². The Kier molecular flexibility index (Phi) is 3.04. The van der Waals surface area contributed by atoms with Crippen LogP contribution in [0.4, 0.5) is 0 Å². The van der Waals surface area contributed by atoms with E-state index in [0.717, 1.165) is 0 Å². The largest absolute Gasteiger partial charge is 0.713 e. The number of hydrogen-bond acceptors (Lipinski definition) is 3. The van der Waals surface area contributed by atoms with Crippen molar-refractivity contribution in [3.05, 3.63) is 0 Å². The Bertz CT molecular complexity index is 73.3. The highest BCUT2D eigenvalue weighted by molar-refractivity contribution is 7.32. The van der Waals surface area contributed by atoms with Crippen LogP contribution in [0.5, 0.6) is 0 Å². The minimum absolute atomic E-state index is 1.17. The van der Waals surface area contributed by atoms with Crippen LogP contribution in [-0.4, -0.2) is 24.1 Å². The fourth-order valence-corrected chi connectivity index (χ4v) is 0.419. The number of hydrogen-bond donors (Lipinski definition) is 1. The summed E-state index contributed by atoms with van der Waals surface area (Å²) < 4.78 is 13.8. The third kappa shape index (κ3) is 5.98. The van der Waals surface area contributed by atoms with Crippen LogP contribution in [0.2, 0.25) is 0 Å². The van der Waals surface area contributed by atoms with E-state index in [4.69, 9.17) is 4.89 Å². The molecule has 0 saturated heterocycles. The lowest BCUT2D eigenvalue weighted by Crippen LogP contribution is -2.06. The van der Waals surface area contributed by atoms with Gasteiger partial charge in [0.05, 0.1) is 0 Å². The Morgan fingerprint density at radius 2 is 2.14 bits per heavy atom. The molecule has 0 aliphatic carbocycles. The molecule has 0 fully saturated rings. The number of nitrogens with zero attached hydrogens (tertiary/aromatic N) is 1. The number of rotatable bonds is 2. The summed E-state index contributed by atoms with van der Waals surface area (Å²) in [6.45, 7) is 0. The maximum absolute atomic E-state index is 9.69. The molecule has 1 N–H and O–H groups in total. The van der Waals surface area contributed by atoms with Gasteiger partial charge in [-0.05, 0) is 4.62 Å². The average molecular weight is 124 g/mol. The highest BCUT2D eigenvalue weighted by atomic mass is 31.1. The van der Waals surface area contributed by atoms with Crippen molar-refractivity contribution in [2.45, 2.75) is 0 Å². The van der Waals surface area contributed by atoms with Crippen molar-refractivity contribution in [3.63, 3.8) is 0 Å². The van der Waals surface area contributed by atoms with Gasteiger partial charge in [-0.15, -0.1) is 9.96 Å². The molecule has 0 bridgehead atoms. The van der Waals surface area contributed by atoms with Crippen molar-refractivity contribution >= 4 is 8.25 Å². The molecule has 0 spiro atoms. The van der Waals surface area contributed by atoms with Crippen LogP contribution in [0.3, 0.4) is 0 Å². The van der Waals surface area contributed by atoms with Crippen molar-refractivity contribution in [1.82, 2.24) is 5.06 Å². The van der Waals surface area contributed by atoms with Crippen LogP contribution >= 0.6 is 8.25 Å². The zero-order valence-electron chi connectivity index (χ0n) is 4.16. The van der Waals surface area contributed by atoms with Crippen LogP contribution in [0.1, 0.15) is 0 Å². The van der Waals surface area contributed by atoms with Gasteiger partial charge in [0.15, 0.2) is 0 Å². The molecule has 0 aromatic rings. The summed E-state index contributed by atoms with van der Waals surface area (Å²) in [5.41, 5.74) is 0. The summed E-state index contributed by atoms with van der Waals surface area (Å²) in [6.07, 6.45) is 0. The van der Waals surface area contributed by atoms with E-state index in [2.05, 4.69) is 4.62 Å². The summed E-state index contributed by atoms with van der Waals surface area (Å²) in [7, 11) is 0.598. The first kappa shape index (κ1) is 6.98. The molecule has 7 heavy (non-hydrogen) atoms. The fraction of sp³-hybridized carbons (Fsp3) is 1.00. The summed E-state index contributed by atoms with van der Waals surface area (Å²) in [6, 6.07) is 0. The SMILES string of the molecule is CN(C)O[P+](=O)O. The third-order valence-corrected chi connectivity index (χ3v) is 0.699. The van der Waals surface area contributed by atoms with E-state index in [1.54, 1.807) is 0 Å². The van der Waals surface area contributed by atoms with Gasteiger partial charge in [0.2, 0.25) is 0 Å². The van der Waals surface area contributed by atoms with Gasteiger partial charge in [-0.2, -0.15) is 0 Å². The molecule has 0 amide bonds. The van der Waals surface area contributed by atoms with Gasteiger partial charge >= 0.3 is 8.25 Å². The highest BCUT2D eigenvalue weighted by Crippen LogP contribution is 2.13. The molecule has 0 heterocycles. The molecule has 0 aromatic heterocycles. The molecule has 4 nitrogen and oxygen atoms in total. The molecule has 0 aliphatic heterocycles. The van der Waals surface area contributed by atoms with Crippen LogP contribution in [0.25, 0.3) is 0 Å². The molecule has 1 atom stereocenters. The molecule has 0 aliphatic rings. The van der Waals surface area contributed by atoms with Crippen LogP contribution in [0, 0.1) is 0 Å². The van der Waals surface area contributed by atoms with Gasteiger partial charge in [-0.1, -0.05) is 0 Å². The Balaban J connectivity index is 3.13. The third-order valence-electron chi connectivity index (χ3n) is 0.233. The lowest BCUT2D eigenvalue weighted by molar-refractivity contribution is -0.00575. The van der Waals surface area contributed by atoms with Gasteiger partial charge in [0.1, 0.15) is 0 Å². The van der Waals surface area contributed by atoms with Crippen molar-refractivity contribution in [1.29, 1.82) is 0 Å². The molecule has 5 heteroatoms. The first-order chi connectivity index (χ1) is 3.13. The first-order valence-electron chi connectivity index (χ1n) is 1.64. The second kappa shape index (κ2) is 3.04. The van der Waals surface area contributed by atoms with Gasteiger partial charge in [0, 0.05) is 18.7 Å². The minimum atomic E-state index is -2.46. The molecule has 0 aromatic carbocycles. The maximum Gasteiger partial charge on any atom is 0.713 e. The Morgan fingerprint density at radius 1 is 1.71 bits per heavy atom. The van der Waals surface area contributed by atoms with Crippen molar-refractivity contribution in [3.8, 4) is 0 Å². The Morgan fingerprint density at radius 3 is 2.14 bits per heavy atom. The monoisotopic (exact) mass is 124 g/mol. The van der Waals surface area contributed by atoms with E-state index >= 15 is 0 Å². The summed E-state index contributed by atoms with van der Waals surface area (Å²) >= 11 is 0. The Hall–Kier alpha value is -0.0200. The second-order valence-electron chi connectivity index (χ2n) is 1.13. The first-order valence-corrected chi connectivity index (χ1v) is 2.77. The standard InChI is InChI=1S/C2H6NO3P/c1-3(2)6-7(4)5/h1-2H3/p+1. The Labute approximate surface area is 42.6 Å². The summed E-state index contributed by atoms with van der Waals surface area (Å²) in [4.78, 5) is 7.97. The lowest BCUT2D eigenvalue weighted by atomic mass is 11.2. The molecule has 0 saturated carbocycles. The minimum Gasteiger partial charge on any atom is -0.142 e. The zero-order valence-corrected chi connectivity index (χ0v) is 5.05. The van der Waals surface area contributed by atoms with Gasteiger partial charge < -0.3 is 0 Å². The predicted molar refractivity (Wildman–Crippen MR) is 24.6 cm³/mol. The highest BCUT2D eigenvalue weighted by Gasteiger charge is 2.12. The van der Waals surface area contributed by atoms with E-state index in [0.29, 0.717) is 0 Å². The average Bonchev–Trinajstić information content (AvgIpc) is 1.27. The van der Waals surface area contributed by atoms with E-state index in [1.807, 2.05) is 0 Å². The van der Waals surface area contributed by atoms with E-state index < -0.39 is 8.25 Å². The molecular formula is C2H7NO3P+. The molecule has 42 valence electrons. The molecule has 1 unspecified atom stereocenters. The topological polar surface area (TPSA) is 49.8 Å². The van der Waals surface area contributed by atoms with E-state index in [9.17, 15) is 4.57 Å². The van der Waals surface area contributed by atoms with Crippen molar-refractivity contribution in [2.24, 2.45) is 0 Å². The zero-order chi connectivity index (χ0) is 5.86. The maximum atomic E-state index is 9.69. The fourth-order valence-electron chi connectivity index (χ4n) is 0.140. The molecular weight excluding hydrogens is 117 g/mol. The normalized spacial score (nSPS) is 12.3. The number of hydroxylamine groups is 2. The second-order valence-corrected chi connectivity index (χ2v) is 1.77. The van der Waals surface area contributed by atoms with Crippen molar-refractivity contribution < 1.29 is 14.1 Å². The van der Waals surface area contributed by atoms with E-state index in [-0.39, 0.29) is 0 Å². The van der Waals surface area contributed by atoms with Crippen molar-refractivity contribution in [2.75, 3.05) is 14.1 Å².